The Labute approximate surface area is 163 Å². The van der Waals surface area contributed by atoms with Crippen molar-refractivity contribution in [2.24, 2.45) is 0 Å². The van der Waals surface area contributed by atoms with Gasteiger partial charge in [-0.3, -0.25) is 9.59 Å². The zero-order valence-electron chi connectivity index (χ0n) is 16.1. The molecule has 0 unspecified atom stereocenters. The number of benzene rings is 2. The molecule has 0 aliphatic heterocycles. The lowest BCUT2D eigenvalue weighted by Crippen LogP contribution is -2.14. The number of anilines is 1. The Morgan fingerprint density at radius 2 is 1.67 bits per heavy atom. The van der Waals surface area contributed by atoms with Gasteiger partial charge in [-0.2, -0.15) is 0 Å². The molecule has 1 heterocycles. The first kappa shape index (κ1) is 19.2. The number of carbonyl (C=O) groups excluding carboxylic acids is 1. The van der Waals surface area contributed by atoms with Gasteiger partial charge in [0, 0.05) is 28.6 Å². The van der Waals surface area contributed by atoms with Crippen molar-refractivity contribution in [1.82, 2.24) is 4.98 Å². The Kier molecular flexibility index (Phi) is 5.71. The fourth-order valence-corrected chi connectivity index (χ4v) is 4.03. The number of amides is 1. The molecule has 4 nitrogen and oxygen atoms in total. The Morgan fingerprint density at radius 3 is 2.37 bits per heavy atom. The van der Waals surface area contributed by atoms with E-state index in [1.54, 1.807) is 6.07 Å². The van der Waals surface area contributed by atoms with E-state index in [1.165, 1.54) is 11.8 Å². The van der Waals surface area contributed by atoms with Gasteiger partial charge in [0.1, 0.15) is 0 Å². The molecule has 0 aliphatic rings. The van der Waals surface area contributed by atoms with E-state index in [-0.39, 0.29) is 11.3 Å². The maximum Gasteiger partial charge on any atom is 0.234 e. The van der Waals surface area contributed by atoms with E-state index in [0.717, 1.165) is 44.5 Å². The minimum Gasteiger partial charge on any atom is -0.357 e. The third kappa shape index (κ3) is 4.61. The third-order valence-electron chi connectivity index (χ3n) is 4.46. The number of rotatable bonds is 5. The van der Waals surface area contributed by atoms with Crippen molar-refractivity contribution >= 4 is 34.3 Å². The largest absolute Gasteiger partial charge is 0.357 e. The minimum absolute atomic E-state index is 0.0280. The van der Waals surface area contributed by atoms with Crippen LogP contribution in [0.5, 0.6) is 0 Å². The number of nitrogens with one attached hydrogen (secondary N) is 2. The summed E-state index contributed by atoms with van der Waals surface area (Å²) in [7, 11) is 0. The van der Waals surface area contributed by atoms with Crippen LogP contribution >= 0.6 is 11.8 Å². The van der Waals surface area contributed by atoms with E-state index >= 15 is 0 Å². The second-order valence-corrected chi connectivity index (χ2v) is 8.01. The standard InChI is InChI=1S/C22H24N2O2S/c1-13-7-14(2)9-17(8-13)23-20(26)12-27-11-18-10-19(25)21-15(3)5-6-16(4)22(21)24-18/h5-10H,11-12H2,1-4H3,(H,23,26)(H,24,25). The molecule has 0 spiro atoms. The maximum absolute atomic E-state index is 12.5. The van der Waals surface area contributed by atoms with E-state index in [2.05, 4.69) is 16.4 Å². The van der Waals surface area contributed by atoms with E-state index in [1.807, 2.05) is 52.0 Å². The molecule has 0 saturated carbocycles. The summed E-state index contributed by atoms with van der Waals surface area (Å²) in [5, 5.41) is 3.68. The van der Waals surface area contributed by atoms with E-state index in [9.17, 15) is 9.59 Å². The summed E-state index contributed by atoms with van der Waals surface area (Å²) in [5.41, 5.74) is 6.84. The van der Waals surface area contributed by atoms with Crippen molar-refractivity contribution in [3.63, 3.8) is 0 Å². The molecule has 0 radical (unpaired) electrons. The van der Waals surface area contributed by atoms with Crippen LogP contribution < -0.4 is 10.7 Å². The van der Waals surface area contributed by atoms with Crippen molar-refractivity contribution in [1.29, 1.82) is 0 Å². The predicted octanol–water partition coefficient (Wildman–Crippen LogP) is 4.63. The summed E-state index contributed by atoms with van der Waals surface area (Å²) in [5.74, 6) is 0.874. The summed E-state index contributed by atoms with van der Waals surface area (Å²) >= 11 is 1.49. The van der Waals surface area contributed by atoms with Gasteiger partial charge < -0.3 is 10.3 Å². The lowest BCUT2D eigenvalue weighted by Gasteiger charge is -2.09. The van der Waals surface area contributed by atoms with E-state index < -0.39 is 0 Å². The number of fused-ring (bicyclic) bond motifs is 1. The molecular formula is C22H24N2O2S. The van der Waals surface area contributed by atoms with Crippen LogP contribution in [0.15, 0.2) is 41.2 Å². The molecule has 0 saturated heterocycles. The van der Waals surface area contributed by atoms with Gasteiger partial charge in [0.05, 0.1) is 11.3 Å². The number of H-pyrrole nitrogens is 1. The van der Waals surface area contributed by atoms with Gasteiger partial charge in [-0.1, -0.05) is 18.2 Å². The van der Waals surface area contributed by atoms with Gasteiger partial charge in [-0.25, -0.2) is 0 Å². The fourth-order valence-electron chi connectivity index (χ4n) is 3.29. The highest BCUT2D eigenvalue weighted by Gasteiger charge is 2.09. The molecule has 1 amide bonds. The van der Waals surface area contributed by atoms with Crippen LogP contribution in [-0.2, 0) is 10.5 Å². The van der Waals surface area contributed by atoms with Crippen LogP contribution in [0.4, 0.5) is 5.69 Å². The zero-order chi connectivity index (χ0) is 19.6. The molecular weight excluding hydrogens is 356 g/mol. The highest BCUT2D eigenvalue weighted by atomic mass is 32.2. The number of carbonyl (C=O) groups is 1. The molecule has 3 aromatic rings. The van der Waals surface area contributed by atoms with Crippen LogP contribution in [0.25, 0.3) is 10.9 Å². The molecule has 0 bridgehead atoms. The SMILES string of the molecule is Cc1cc(C)cc(NC(=O)CSCc2cc(=O)c3c(C)ccc(C)c3[nH]2)c1. The normalized spacial score (nSPS) is 11.0. The van der Waals surface area contributed by atoms with Crippen LogP contribution in [0, 0.1) is 27.7 Å². The maximum atomic E-state index is 12.5. The molecule has 140 valence electrons. The van der Waals surface area contributed by atoms with Gasteiger partial charge in [0.25, 0.3) is 0 Å². The Hall–Kier alpha value is -2.53. The lowest BCUT2D eigenvalue weighted by atomic mass is 10.0. The second kappa shape index (κ2) is 8.01. The number of pyridine rings is 1. The average molecular weight is 381 g/mol. The van der Waals surface area contributed by atoms with Gasteiger partial charge in [-0.15, -0.1) is 11.8 Å². The summed E-state index contributed by atoms with van der Waals surface area (Å²) < 4.78 is 0. The summed E-state index contributed by atoms with van der Waals surface area (Å²) in [6.45, 7) is 7.96. The molecule has 0 aliphatic carbocycles. The van der Waals surface area contributed by atoms with Crippen molar-refractivity contribution in [2.75, 3.05) is 11.1 Å². The van der Waals surface area contributed by atoms with Crippen molar-refractivity contribution < 1.29 is 4.79 Å². The Balaban J connectivity index is 1.66. The van der Waals surface area contributed by atoms with Crippen molar-refractivity contribution in [2.45, 2.75) is 33.4 Å². The van der Waals surface area contributed by atoms with Crippen molar-refractivity contribution in [3.05, 3.63) is 74.6 Å². The molecule has 2 aromatic carbocycles. The van der Waals surface area contributed by atoms with Gasteiger partial charge in [0.15, 0.2) is 5.43 Å². The molecule has 0 atom stereocenters. The quantitative estimate of drug-likeness (QED) is 0.678. The minimum atomic E-state index is -0.0415. The molecule has 27 heavy (non-hydrogen) atoms. The van der Waals surface area contributed by atoms with Crippen molar-refractivity contribution in [3.8, 4) is 0 Å². The molecule has 2 N–H and O–H groups in total. The molecule has 1 aromatic heterocycles. The fraction of sp³-hybridized carbons (Fsp3) is 0.273. The second-order valence-electron chi connectivity index (χ2n) is 7.03. The Morgan fingerprint density at radius 1 is 1.00 bits per heavy atom. The average Bonchev–Trinajstić information content (AvgIpc) is 2.57. The Bertz CT molecular complexity index is 1050. The summed E-state index contributed by atoms with van der Waals surface area (Å²) in [6, 6.07) is 11.6. The first-order valence-corrected chi connectivity index (χ1v) is 10.1. The molecule has 5 heteroatoms. The first-order valence-electron chi connectivity index (χ1n) is 8.91. The zero-order valence-corrected chi connectivity index (χ0v) is 16.9. The third-order valence-corrected chi connectivity index (χ3v) is 5.44. The highest BCUT2D eigenvalue weighted by molar-refractivity contribution is 7.99. The number of aromatic amines is 1. The van der Waals surface area contributed by atoms with Crippen LogP contribution in [0.2, 0.25) is 0 Å². The molecule has 0 fully saturated rings. The lowest BCUT2D eigenvalue weighted by molar-refractivity contribution is -0.113. The van der Waals surface area contributed by atoms with E-state index in [0.29, 0.717) is 11.5 Å². The first-order chi connectivity index (χ1) is 12.8. The number of aryl methyl sites for hydroxylation is 4. The predicted molar refractivity (Wildman–Crippen MR) is 115 cm³/mol. The topological polar surface area (TPSA) is 62.0 Å². The van der Waals surface area contributed by atoms with Crippen LogP contribution in [-0.4, -0.2) is 16.6 Å². The number of hydrogen-bond donors (Lipinski definition) is 2. The van der Waals surface area contributed by atoms with Crippen LogP contribution in [0.3, 0.4) is 0 Å². The number of hydrogen-bond acceptors (Lipinski definition) is 3. The van der Waals surface area contributed by atoms with E-state index in [4.69, 9.17) is 0 Å². The number of aromatic nitrogens is 1. The monoisotopic (exact) mass is 380 g/mol. The number of thioether (sulfide) groups is 1. The highest BCUT2D eigenvalue weighted by Crippen LogP contribution is 2.20. The van der Waals surface area contributed by atoms with Crippen LogP contribution in [0.1, 0.15) is 27.9 Å². The summed E-state index contributed by atoms with van der Waals surface area (Å²) in [6.07, 6.45) is 0. The van der Waals surface area contributed by atoms with Gasteiger partial charge in [0.2, 0.25) is 5.91 Å². The van der Waals surface area contributed by atoms with Gasteiger partial charge in [-0.05, 0) is 62.1 Å². The summed E-state index contributed by atoms with van der Waals surface area (Å²) in [4.78, 5) is 28.0. The molecule has 3 rings (SSSR count). The smallest absolute Gasteiger partial charge is 0.234 e. The van der Waals surface area contributed by atoms with Gasteiger partial charge >= 0.3 is 0 Å².